The van der Waals surface area contributed by atoms with Crippen LogP contribution in [0.4, 0.5) is 20.2 Å². The van der Waals surface area contributed by atoms with Crippen molar-refractivity contribution >= 4 is 40.5 Å². The first-order chi connectivity index (χ1) is 20.6. The molecule has 1 heterocycles. The highest BCUT2D eigenvalue weighted by Crippen LogP contribution is 2.50. The van der Waals surface area contributed by atoms with Crippen molar-refractivity contribution in [3.63, 3.8) is 0 Å². The van der Waals surface area contributed by atoms with Crippen LogP contribution in [0.3, 0.4) is 0 Å². The molecule has 4 rings (SSSR count). The molecule has 0 radical (unpaired) electrons. The number of benzene rings is 3. The van der Waals surface area contributed by atoms with Crippen molar-refractivity contribution in [1.29, 1.82) is 0 Å². The summed E-state index contributed by atoms with van der Waals surface area (Å²) in [5, 5.41) is 20.4. The van der Waals surface area contributed by atoms with Crippen molar-refractivity contribution in [3.8, 4) is 5.75 Å². The number of nitrogens with one attached hydrogen (secondary N) is 3. The molecule has 0 aliphatic carbocycles. The third kappa shape index (κ3) is 9.43. The van der Waals surface area contributed by atoms with Gasteiger partial charge in [-0.05, 0) is 79.8 Å². The second kappa shape index (κ2) is 16.3. The highest BCUT2D eigenvalue weighted by Gasteiger charge is 2.29. The summed E-state index contributed by atoms with van der Waals surface area (Å²) in [6.07, 6.45) is 0.438. The van der Waals surface area contributed by atoms with Gasteiger partial charge in [0.05, 0.1) is 30.7 Å². The summed E-state index contributed by atoms with van der Waals surface area (Å²) < 4.78 is 55.8. The maximum absolute atomic E-state index is 14.0. The lowest BCUT2D eigenvalue weighted by atomic mass is 10.00. The van der Waals surface area contributed by atoms with Crippen molar-refractivity contribution in [3.05, 3.63) is 89.0 Å². The number of rotatable bonds is 13. The summed E-state index contributed by atoms with van der Waals surface area (Å²) >= 11 is 0. The highest BCUT2D eigenvalue weighted by molar-refractivity contribution is 8.25. The SMILES string of the molecule is CCNc1cc(C(=O)N[C@@H](Cc2ccc(F)c(F)c2)[C@@H](O)CNCc2cccc(OC)c2)cc(N2CCCCS2(O)O)c1.Cl. The van der Waals surface area contributed by atoms with E-state index in [9.17, 15) is 27.8 Å². The van der Waals surface area contributed by atoms with E-state index in [-0.39, 0.29) is 36.7 Å². The van der Waals surface area contributed by atoms with Crippen LogP contribution >= 0.6 is 23.2 Å². The molecule has 1 aliphatic rings. The van der Waals surface area contributed by atoms with E-state index in [0.29, 0.717) is 48.7 Å². The third-order valence-electron chi connectivity index (χ3n) is 7.27. The quantitative estimate of drug-likeness (QED) is 0.141. The number of aliphatic hydroxyl groups excluding tert-OH is 1. The van der Waals surface area contributed by atoms with Crippen LogP contribution in [-0.4, -0.2) is 64.8 Å². The number of hydrogen-bond donors (Lipinski definition) is 6. The molecular formula is C31H41ClF2N4O5S. The van der Waals surface area contributed by atoms with Gasteiger partial charge in [0.25, 0.3) is 5.91 Å². The van der Waals surface area contributed by atoms with Crippen molar-refractivity contribution in [2.75, 3.05) is 42.1 Å². The van der Waals surface area contributed by atoms with E-state index in [2.05, 4.69) is 16.0 Å². The van der Waals surface area contributed by atoms with Gasteiger partial charge in [0.1, 0.15) is 5.75 Å². The Morgan fingerprint density at radius 1 is 1.05 bits per heavy atom. The monoisotopic (exact) mass is 654 g/mol. The molecule has 242 valence electrons. The molecule has 3 aromatic carbocycles. The van der Waals surface area contributed by atoms with Gasteiger partial charge in [0.2, 0.25) is 0 Å². The first-order valence-electron chi connectivity index (χ1n) is 14.3. The Morgan fingerprint density at radius 2 is 1.84 bits per heavy atom. The number of ether oxygens (including phenoxy) is 1. The van der Waals surface area contributed by atoms with Gasteiger partial charge in [-0.1, -0.05) is 18.2 Å². The summed E-state index contributed by atoms with van der Waals surface area (Å²) in [5.41, 5.74) is 2.72. The van der Waals surface area contributed by atoms with Gasteiger partial charge in [-0.15, -0.1) is 23.2 Å². The number of aliphatic hydroxyl groups is 1. The minimum Gasteiger partial charge on any atom is -0.497 e. The second-order valence-electron chi connectivity index (χ2n) is 10.5. The van der Waals surface area contributed by atoms with Crippen LogP contribution in [-0.2, 0) is 13.0 Å². The first kappa shape index (κ1) is 35.4. The molecular weight excluding hydrogens is 614 g/mol. The number of halogens is 3. The molecule has 2 atom stereocenters. The van der Waals surface area contributed by atoms with Gasteiger partial charge in [0.15, 0.2) is 11.6 Å². The fourth-order valence-corrected chi connectivity index (χ4v) is 6.72. The Balaban J connectivity index is 0.00000529. The van der Waals surface area contributed by atoms with E-state index >= 15 is 0 Å². The smallest absolute Gasteiger partial charge is 0.251 e. The number of anilines is 2. The molecule has 0 unspecified atom stereocenters. The van der Waals surface area contributed by atoms with E-state index in [1.807, 2.05) is 31.2 Å². The van der Waals surface area contributed by atoms with Crippen LogP contribution in [0.1, 0.15) is 41.3 Å². The number of hydrogen-bond acceptors (Lipinski definition) is 8. The molecule has 0 spiro atoms. The molecule has 1 amide bonds. The summed E-state index contributed by atoms with van der Waals surface area (Å²) in [6, 6.07) is 15.1. The first-order valence-corrected chi connectivity index (χ1v) is 16.0. The zero-order valence-electron chi connectivity index (χ0n) is 24.8. The maximum atomic E-state index is 14.0. The topological polar surface area (TPSA) is 126 Å². The van der Waals surface area contributed by atoms with Gasteiger partial charge >= 0.3 is 0 Å². The van der Waals surface area contributed by atoms with Crippen LogP contribution in [0.25, 0.3) is 0 Å². The Hall–Kier alpha value is -3.13. The van der Waals surface area contributed by atoms with Crippen LogP contribution in [0.2, 0.25) is 0 Å². The van der Waals surface area contributed by atoms with E-state index < -0.39 is 40.5 Å². The van der Waals surface area contributed by atoms with Gasteiger partial charge in [-0.25, -0.2) is 8.78 Å². The fourth-order valence-electron chi connectivity index (χ4n) is 5.04. The Labute approximate surface area is 264 Å². The van der Waals surface area contributed by atoms with Crippen LogP contribution in [0.5, 0.6) is 5.75 Å². The lowest BCUT2D eigenvalue weighted by Gasteiger charge is -2.47. The molecule has 0 bridgehead atoms. The van der Waals surface area contributed by atoms with E-state index in [1.165, 1.54) is 6.07 Å². The zero-order valence-corrected chi connectivity index (χ0v) is 26.4. The largest absolute Gasteiger partial charge is 0.497 e. The maximum Gasteiger partial charge on any atom is 0.251 e. The normalized spacial score (nSPS) is 16.3. The van der Waals surface area contributed by atoms with Crippen molar-refractivity contribution in [2.24, 2.45) is 0 Å². The average molecular weight is 655 g/mol. The zero-order chi connectivity index (χ0) is 31.0. The standard InChI is InChI=1S/C31H40F2N4O5S.ClH/c1-3-35-24-16-23(17-25(18-24)37-11-4-5-12-43(37,40)41)31(39)36-29(15-21-9-10-27(32)28(33)14-21)30(38)20-34-19-22-7-6-8-26(13-22)42-2;/h6-10,13-14,16-18,29-30,34-35,38,40-41H,3-5,11-12,15,19-20H2,1-2H3,(H,36,39);1H/t29-,30-;/m0./s1. The Kier molecular flexibility index (Phi) is 13.1. The molecule has 0 aromatic heterocycles. The lowest BCUT2D eigenvalue weighted by molar-refractivity contribution is 0.0830. The predicted molar refractivity (Wildman–Crippen MR) is 174 cm³/mol. The van der Waals surface area contributed by atoms with Crippen molar-refractivity contribution in [1.82, 2.24) is 10.6 Å². The fraction of sp³-hybridized carbons (Fsp3) is 0.387. The summed E-state index contributed by atoms with van der Waals surface area (Å²) in [5.74, 6) is -1.55. The Bertz CT molecular complexity index is 1400. The van der Waals surface area contributed by atoms with Crippen LogP contribution in [0.15, 0.2) is 60.7 Å². The summed E-state index contributed by atoms with van der Waals surface area (Å²) in [7, 11) is -1.44. The van der Waals surface area contributed by atoms with Gasteiger partial charge in [-0.3, -0.25) is 18.2 Å². The number of methoxy groups -OCH3 is 1. The van der Waals surface area contributed by atoms with Gasteiger partial charge in [0, 0.05) is 37.4 Å². The average Bonchev–Trinajstić information content (AvgIpc) is 2.98. The molecule has 1 aliphatic heterocycles. The Morgan fingerprint density at radius 3 is 2.55 bits per heavy atom. The molecule has 13 heteroatoms. The molecule has 1 saturated heterocycles. The van der Waals surface area contributed by atoms with Gasteiger partial charge < -0.3 is 25.8 Å². The highest BCUT2D eigenvalue weighted by atomic mass is 35.5. The van der Waals surface area contributed by atoms with Crippen molar-refractivity contribution < 1.29 is 32.5 Å². The van der Waals surface area contributed by atoms with E-state index in [1.54, 1.807) is 29.6 Å². The number of carbonyl (C=O) groups is 1. The summed E-state index contributed by atoms with van der Waals surface area (Å²) in [6.45, 7) is 3.46. The summed E-state index contributed by atoms with van der Waals surface area (Å²) in [4.78, 5) is 13.6. The van der Waals surface area contributed by atoms with E-state index in [0.717, 1.165) is 24.1 Å². The predicted octanol–water partition coefficient (Wildman–Crippen LogP) is 5.58. The molecule has 9 nitrogen and oxygen atoms in total. The van der Waals surface area contributed by atoms with Gasteiger partial charge in [-0.2, -0.15) is 0 Å². The number of amides is 1. The number of nitrogens with zero attached hydrogens (tertiary/aromatic N) is 1. The molecule has 6 N–H and O–H groups in total. The lowest BCUT2D eigenvalue weighted by Crippen LogP contribution is -2.48. The van der Waals surface area contributed by atoms with Crippen molar-refractivity contribution in [2.45, 2.75) is 44.9 Å². The molecule has 44 heavy (non-hydrogen) atoms. The molecule has 1 fully saturated rings. The minimum absolute atomic E-state index is 0. The van der Waals surface area contributed by atoms with Crippen LogP contribution in [0, 0.1) is 11.6 Å². The minimum atomic E-state index is -3.02. The molecule has 3 aromatic rings. The third-order valence-corrected chi connectivity index (χ3v) is 9.20. The van der Waals surface area contributed by atoms with E-state index in [4.69, 9.17) is 4.74 Å². The molecule has 0 saturated carbocycles. The van der Waals surface area contributed by atoms with Crippen LogP contribution < -0.4 is 25.0 Å². The number of carbonyl (C=O) groups excluding carboxylic acids is 1. The second-order valence-corrected chi connectivity index (χ2v) is 12.6.